The van der Waals surface area contributed by atoms with Gasteiger partial charge in [0.2, 0.25) is 0 Å². The fraction of sp³-hybridized carbons (Fsp3) is 0.467. The molecule has 1 aliphatic heterocycles. The molecule has 6 nitrogen and oxygen atoms in total. The van der Waals surface area contributed by atoms with Crippen molar-refractivity contribution in [3.05, 3.63) is 18.2 Å². The second kappa shape index (κ2) is 7.02. The number of thioether (sulfide) groups is 1. The molecular formula is C15H18N2O4S. The van der Waals surface area contributed by atoms with E-state index in [9.17, 15) is 0 Å². The van der Waals surface area contributed by atoms with Gasteiger partial charge in [-0.15, -0.1) is 10.2 Å². The molecule has 7 heteroatoms. The van der Waals surface area contributed by atoms with E-state index >= 15 is 0 Å². The molecule has 0 spiro atoms. The van der Waals surface area contributed by atoms with E-state index in [1.807, 2.05) is 12.1 Å². The quantitative estimate of drug-likeness (QED) is 0.757. The van der Waals surface area contributed by atoms with Gasteiger partial charge >= 0.3 is 0 Å². The molecule has 0 amide bonds. The van der Waals surface area contributed by atoms with Gasteiger partial charge in [-0.1, -0.05) is 11.8 Å². The average molecular weight is 322 g/mol. The lowest BCUT2D eigenvalue weighted by atomic mass is 10.2. The molecule has 1 aliphatic rings. The summed E-state index contributed by atoms with van der Waals surface area (Å²) < 4.78 is 21.8. The highest BCUT2D eigenvalue weighted by atomic mass is 32.2. The van der Waals surface area contributed by atoms with E-state index in [1.165, 1.54) is 11.8 Å². The summed E-state index contributed by atoms with van der Waals surface area (Å²) in [6.45, 7) is 0.851. The summed E-state index contributed by atoms with van der Waals surface area (Å²) in [5, 5.41) is 8.72. The van der Waals surface area contributed by atoms with Crippen LogP contribution in [0.4, 0.5) is 0 Å². The van der Waals surface area contributed by atoms with Gasteiger partial charge in [0.1, 0.15) is 11.5 Å². The Labute approximate surface area is 133 Å². The predicted octanol–water partition coefficient (Wildman–Crippen LogP) is 3.02. The zero-order valence-electron chi connectivity index (χ0n) is 12.6. The number of hydrogen-bond donors (Lipinski definition) is 0. The van der Waals surface area contributed by atoms with Gasteiger partial charge in [-0.25, -0.2) is 0 Å². The molecule has 0 radical (unpaired) electrons. The zero-order chi connectivity index (χ0) is 15.4. The second-order valence-corrected chi connectivity index (χ2v) is 5.86. The number of rotatable bonds is 6. The van der Waals surface area contributed by atoms with Crippen LogP contribution in [-0.2, 0) is 4.74 Å². The summed E-state index contributed by atoms with van der Waals surface area (Å²) in [6, 6.07) is 5.47. The normalized spacial score (nSPS) is 17.6. The van der Waals surface area contributed by atoms with Gasteiger partial charge in [-0.2, -0.15) is 0 Å². The van der Waals surface area contributed by atoms with Gasteiger partial charge in [0.15, 0.2) is 0 Å². The lowest BCUT2D eigenvalue weighted by molar-refractivity contribution is 0.128. The van der Waals surface area contributed by atoms with E-state index in [0.29, 0.717) is 22.6 Å². The Kier molecular flexibility index (Phi) is 4.84. The highest BCUT2D eigenvalue weighted by Gasteiger charge is 2.19. The lowest BCUT2D eigenvalue weighted by Gasteiger charge is -2.07. The fourth-order valence-corrected chi connectivity index (χ4v) is 3.12. The summed E-state index contributed by atoms with van der Waals surface area (Å²) in [5.41, 5.74) is 0.750. The van der Waals surface area contributed by atoms with Crippen molar-refractivity contribution in [2.24, 2.45) is 0 Å². The number of aromatic nitrogens is 2. The van der Waals surface area contributed by atoms with Gasteiger partial charge in [0.05, 0.1) is 25.9 Å². The molecule has 0 N–H and O–H groups in total. The molecule has 2 aromatic rings. The van der Waals surface area contributed by atoms with Crippen LogP contribution >= 0.6 is 11.8 Å². The van der Waals surface area contributed by atoms with Crippen LogP contribution in [0, 0.1) is 0 Å². The number of hydrogen-bond acceptors (Lipinski definition) is 7. The molecule has 22 heavy (non-hydrogen) atoms. The molecule has 1 fully saturated rings. The maximum atomic E-state index is 5.71. The first-order valence-corrected chi connectivity index (χ1v) is 8.09. The van der Waals surface area contributed by atoms with Crippen LogP contribution in [0.3, 0.4) is 0 Å². The third kappa shape index (κ3) is 3.36. The van der Waals surface area contributed by atoms with Crippen molar-refractivity contribution in [3.63, 3.8) is 0 Å². The molecule has 118 valence electrons. The molecular weight excluding hydrogens is 304 g/mol. The molecule has 0 saturated carbocycles. The molecule has 1 atom stereocenters. The smallest absolute Gasteiger partial charge is 0.276 e. The first-order chi connectivity index (χ1) is 10.8. The summed E-state index contributed by atoms with van der Waals surface area (Å²) in [6.07, 6.45) is 2.51. The van der Waals surface area contributed by atoms with Crippen molar-refractivity contribution in [2.45, 2.75) is 24.2 Å². The van der Waals surface area contributed by atoms with Crippen LogP contribution in [0.5, 0.6) is 11.5 Å². The Morgan fingerprint density at radius 1 is 1.27 bits per heavy atom. The van der Waals surface area contributed by atoms with Crippen LogP contribution in [0.15, 0.2) is 27.8 Å². The van der Waals surface area contributed by atoms with Crippen molar-refractivity contribution >= 4 is 11.8 Å². The Balaban J connectivity index is 1.72. The number of ether oxygens (including phenoxy) is 3. The Morgan fingerprint density at radius 2 is 2.18 bits per heavy atom. The van der Waals surface area contributed by atoms with Gasteiger partial charge in [-0.05, 0) is 25.0 Å². The summed E-state index contributed by atoms with van der Waals surface area (Å²) in [7, 11) is 3.21. The minimum Gasteiger partial charge on any atom is -0.497 e. The van der Waals surface area contributed by atoms with E-state index in [2.05, 4.69) is 10.2 Å². The topological polar surface area (TPSA) is 66.6 Å². The van der Waals surface area contributed by atoms with Gasteiger partial charge in [-0.3, -0.25) is 0 Å². The maximum Gasteiger partial charge on any atom is 0.276 e. The molecule has 0 bridgehead atoms. The van der Waals surface area contributed by atoms with Crippen molar-refractivity contribution in [1.82, 2.24) is 10.2 Å². The van der Waals surface area contributed by atoms with Crippen molar-refractivity contribution < 1.29 is 18.6 Å². The van der Waals surface area contributed by atoms with E-state index in [1.54, 1.807) is 20.3 Å². The van der Waals surface area contributed by atoms with E-state index in [0.717, 1.165) is 30.8 Å². The zero-order valence-corrected chi connectivity index (χ0v) is 13.4. The highest BCUT2D eigenvalue weighted by Crippen LogP contribution is 2.34. The molecule has 2 heterocycles. The van der Waals surface area contributed by atoms with Crippen LogP contribution < -0.4 is 9.47 Å². The molecule has 3 rings (SSSR count). The second-order valence-electron chi connectivity index (χ2n) is 4.89. The Hall–Kier alpha value is -1.73. The average Bonchev–Trinajstić information content (AvgIpc) is 3.23. The molecule has 1 aromatic carbocycles. The summed E-state index contributed by atoms with van der Waals surface area (Å²) in [4.78, 5) is 0. The van der Waals surface area contributed by atoms with E-state index in [-0.39, 0.29) is 6.10 Å². The maximum absolute atomic E-state index is 5.71. The molecule has 0 aliphatic carbocycles. The first kappa shape index (κ1) is 15.2. The molecule has 1 aromatic heterocycles. The summed E-state index contributed by atoms with van der Waals surface area (Å²) >= 11 is 1.52. The number of methoxy groups -OCH3 is 2. The summed E-state index contributed by atoms with van der Waals surface area (Å²) in [5.74, 6) is 2.63. The minimum atomic E-state index is 0.288. The van der Waals surface area contributed by atoms with Crippen molar-refractivity contribution in [1.29, 1.82) is 0 Å². The Morgan fingerprint density at radius 3 is 2.91 bits per heavy atom. The first-order valence-electron chi connectivity index (χ1n) is 7.10. The Bertz CT molecular complexity index is 626. The lowest BCUT2D eigenvalue weighted by Crippen LogP contribution is -2.07. The van der Waals surface area contributed by atoms with Crippen LogP contribution in [-0.4, -0.2) is 42.9 Å². The van der Waals surface area contributed by atoms with E-state index in [4.69, 9.17) is 18.6 Å². The largest absolute Gasteiger partial charge is 0.497 e. The van der Waals surface area contributed by atoms with Crippen LogP contribution in [0.2, 0.25) is 0 Å². The number of nitrogens with zero attached hydrogens (tertiary/aromatic N) is 2. The predicted molar refractivity (Wildman–Crippen MR) is 82.5 cm³/mol. The molecule has 1 saturated heterocycles. The SMILES string of the molecule is COc1ccc(-c2nnc(SC[C@@H]3CCCO3)o2)c(OC)c1. The molecule has 0 unspecified atom stereocenters. The van der Waals surface area contributed by atoms with Crippen LogP contribution in [0.25, 0.3) is 11.5 Å². The van der Waals surface area contributed by atoms with Crippen molar-refractivity contribution in [2.75, 3.05) is 26.6 Å². The third-order valence-corrected chi connectivity index (χ3v) is 4.41. The van der Waals surface area contributed by atoms with Gasteiger partial charge in [0.25, 0.3) is 11.1 Å². The van der Waals surface area contributed by atoms with Gasteiger partial charge < -0.3 is 18.6 Å². The standard InChI is InChI=1S/C15H18N2O4S/c1-18-10-5-6-12(13(8-10)19-2)14-16-17-15(21-14)22-9-11-4-3-7-20-11/h5-6,8,11H,3-4,7,9H2,1-2H3/t11-/m0/s1. The fourth-order valence-electron chi connectivity index (χ4n) is 2.29. The monoisotopic (exact) mass is 322 g/mol. The van der Waals surface area contributed by atoms with Crippen molar-refractivity contribution in [3.8, 4) is 23.0 Å². The minimum absolute atomic E-state index is 0.288. The van der Waals surface area contributed by atoms with Crippen LogP contribution in [0.1, 0.15) is 12.8 Å². The third-order valence-electron chi connectivity index (χ3n) is 3.46. The van der Waals surface area contributed by atoms with E-state index < -0.39 is 0 Å². The highest BCUT2D eigenvalue weighted by molar-refractivity contribution is 7.99. The number of benzene rings is 1. The van der Waals surface area contributed by atoms with Gasteiger partial charge in [0, 0.05) is 18.4 Å².